The highest BCUT2D eigenvalue weighted by atomic mass is 35.5. The molecule has 1 heterocycles. The zero-order chi connectivity index (χ0) is 10.2. The predicted molar refractivity (Wildman–Crippen MR) is 52.1 cm³/mol. The lowest BCUT2D eigenvalue weighted by atomic mass is 10.3. The zero-order valence-electron chi connectivity index (χ0n) is 7.75. The molecule has 1 fully saturated rings. The van der Waals surface area contributed by atoms with Gasteiger partial charge in [-0.1, -0.05) is 11.6 Å². The number of rotatable bonds is 2. The number of aromatic nitrogens is 2. The summed E-state index contributed by atoms with van der Waals surface area (Å²) in [6.07, 6.45) is 4.80. The number of amides is 1. The molecule has 0 atom stereocenters. The van der Waals surface area contributed by atoms with Gasteiger partial charge in [0.05, 0.1) is 12.4 Å². The first-order valence-corrected chi connectivity index (χ1v) is 4.77. The van der Waals surface area contributed by atoms with Gasteiger partial charge in [0.2, 0.25) is 0 Å². The van der Waals surface area contributed by atoms with E-state index in [4.69, 9.17) is 11.6 Å². The Morgan fingerprint density at radius 1 is 1.50 bits per heavy atom. The standard InChI is InChI=1S/C9H10ClN3O/c1-9(2-3-9)13-8(14)6-4-12-7(10)5-11-6/h4-5H,2-3H2,1H3,(H,13,14). The van der Waals surface area contributed by atoms with Crippen LogP contribution in [-0.2, 0) is 0 Å². The summed E-state index contributed by atoms with van der Waals surface area (Å²) in [5.41, 5.74) is 0.279. The third-order valence-electron chi connectivity index (χ3n) is 2.27. The van der Waals surface area contributed by atoms with Crippen molar-refractivity contribution in [3.63, 3.8) is 0 Å². The lowest BCUT2D eigenvalue weighted by Crippen LogP contribution is -2.34. The number of carbonyl (C=O) groups excluding carboxylic acids is 1. The van der Waals surface area contributed by atoms with Crippen molar-refractivity contribution < 1.29 is 4.79 Å². The van der Waals surface area contributed by atoms with Gasteiger partial charge < -0.3 is 5.32 Å². The summed E-state index contributed by atoms with van der Waals surface area (Å²) >= 11 is 5.56. The van der Waals surface area contributed by atoms with Crippen molar-refractivity contribution in [3.8, 4) is 0 Å². The fourth-order valence-electron chi connectivity index (χ4n) is 1.08. The number of nitrogens with zero attached hydrogens (tertiary/aromatic N) is 2. The van der Waals surface area contributed by atoms with Crippen molar-refractivity contribution in [2.75, 3.05) is 0 Å². The maximum Gasteiger partial charge on any atom is 0.271 e. The number of halogens is 1. The number of nitrogens with one attached hydrogen (secondary N) is 1. The van der Waals surface area contributed by atoms with Crippen LogP contribution in [0.5, 0.6) is 0 Å². The van der Waals surface area contributed by atoms with E-state index >= 15 is 0 Å². The van der Waals surface area contributed by atoms with Crippen molar-refractivity contribution in [1.29, 1.82) is 0 Å². The van der Waals surface area contributed by atoms with Crippen molar-refractivity contribution in [1.82, 2.24) is 15.3 Å². The largest absolute Gasteiger partial charge is 0.345 e. The second-order valence-electron chi connectivity index (χ2n) is 3.74. The van der Waals surface area contributed by atoms with Crippen LogP contribution in [0.15, 0.2) is 12.4 Å². The molecule has 1 saturated carbocycles. The van der Waals surface area contributed by atoms with Gasteiger partial charge >= 0.3 is 0 Å². The predicted octanol–water partition coefficient (Wildman–Crippen LogP) is 1.41. The van der Waals surface area contributed by atoms with E-state index in [1.165, 1.54) is 12.4 Å². The first kappa shape index (κ1) is 9.40. The van der Waals surface area contributed by atoms with Gasteiger partial charge in [0.1, 0.15) is 10.8 Å². The smallest absolute Gasteiger partial charge is 0.271 e. The number of hydrogen-bond donors (Lipinski definition) is 1. The third kappa shape index (κ3) is 2.01. The van der Waals surface area contributed by atoms with Gasteiger partial charge in [-0.05, 0) is 19.8 Å². The molecule has 0 spiro atoms. The molecular weight excluding hydrogens is 202 g/mol. The summed E-state index contributed by atoms with van der Waals surface area (Å²) in [4.78, 5) is 19.2. The van der Waals surface area contributed by atoms with E-state index in [9.17, 15) is 4.79 Å². The molecule has 1 aliphatic rings. The molecule has 14 heavy (non-hydrogen) atoms. The summed E-state index contributed by atoms with van der Waals surface area (Å²) in [6, 6.07) is 0. The Morgan fingerprint density at radius 3 is 2.71 bits per heavy atom. The zero-order valence-corrected chi connectivity index (χ0v) is 8.51. The molecule has 5 heteroatoms. The van der Waals surface area contributed by atoms with Crippen molar-refractivity contribution in [3.05, 3.63) is 23.2 Å². The normalized spacial score (nSPS) is 17.6. The lowest BCUT2D eigenvalue weighted by Gasteiger charge is -2.09. The average Bonchev–Trinajstić information content (AvgIpc) is 2.84. The molecular formula is C9H10ClN3O. The number of carbonyl (C=O) groups is 1. The van der Waals surface area contributed by atoms with E-state index < -0.39 is 0 Å². The quantitative estimate of drug-likeness (QED) is 0.805. The summed E-state index contributed by atoms with van der Waals surface area (Å²) in [5, 5.41) is 3.17. The van der Waals surface area contributed by atoms with Gasteiger partial charge in [-0.15, -0.1) is 0 Å². The number of hydrogen-bond acceptors (Lipinski definition) is 3. The van der Waals surface area contributed by atoms with Crippen LogP contribution in [0.4, 0.5) is 0 Å². The van der Waals surface area contributed by atoms with Crippen LogP contribution >= 0.6 is 11.6 Å². The topological polar surface area (TPSA) is 54.9 Å². The van der Waals surface area contributed by atoms with Gasteiger partial charge in [-0.3, -0.25) is 4.79 Å². The Morgan fingerprint density at radius 2 is 2.21 bits per heavy atom. The molecule has 1 aliphatic carbocycles. The van der Waals surface area contributed by atoms with Crippen LogP contribution < -0.4 is 5.32 Å². The summed E-state index contributed by atoms with van der Waals surface area (Å²) in [7, 11) is 0. The first-order valence-electron chi connectivity index (χ1n) is 4.39. The molecule has 0 bridgehead atoms. The Bertz CT molecular complexity index is 359. The van der Waals surface area contributed by atoms with E-state index in [-0.39, 0.29) is 11.4 Å². The monoisotopic (exact) mass is 211 g/mol. The fourth-order valence-corrected chi connectivity index (χ4v) is 1.18. The van der Waals surface area contributed by atoms with Crippen molar-refractivity contribution in [2.45, 2.75) is 25.3 Å². The van der Waals surface area contributed by atoms with E-state index in [1.807, 2.05) is 6.92 Å². The molecule has 0 radical (unpaired) electrons. The molecule has 0 saturated heterocycles. The first-order chi connectivity index (χ1) is 6.59. The highest BCUT2D eigenvalue weighted by molar-refractivity contribution is 6.29. The maximum absolute atomic E-state index is 11.6. The van der Waals surface area contributed by atoms with Crippen LogP contribution in [0.3, 0.4) is 0 Å². The minimum atomic E-state index is -0.186. The van der Waals surface area contributed by atoms with Gasteiger partial charge in [-0.2, -0.15) is 0 Å². The third-order valence-corrected chi connectivity index (χ3v) is 2.46. The van der Waals surface area contributed by atoms with Gasteiger partial charge in [0.25, 0.3) is 5.91 Å². The van der Waals surface area contributed by atoms with Crippen molar-refractivity contribution in [2.24, 2.45) is 0 Å². The minimum Gasteiger partial charge on any atom is -0.345 e. The van der Waals surface area contributed by atoms with E-state index in [0.717, 1.165) is 12.8 Å². The Kier molecular flexibility index (Phi) is 2.15. The van der Waals surface area contributed by atoms with E-state index in [1.54, 1.807) is 0 Å². The highest BCUT2D eigenvalue weighted by Gasteiger charge is 2.39. The second kappa shape index (κ2) is 3.20. The fraction of sp³-hybridized carbons (Fsp3) is 0.444. The Balaban J connectivity index is 2.07. The maximum atomic E-state index is 11.6. The second-order valence-corrected chi connectivity index (χ2v) is 4.13. The molecule has 0 unspecified atom stereocenters. The lowest BCUT2D eigenvalue weighted by molar-refractivity contribution is 0.0930. The molecule has 1 amide bonds. The van der Waals surface area contributed by atoms with Gasteiger partial charge in [-0.25, -0.2) is 9.97 Å². The average molecular weight is 212 g/mol. The van der Waals surface area contributed by atoms with E-state index in [0.29, 0.717) is 10.8 Å². The molecule has 1 aromatic heterocycles. The summed E-state index contributed by atoms with van der Waals surface area (Å²) in [6.45, 7) is 2.01. The summed E-state index contributed by atoms with van der Waals surface area (Å²) < 4.78 is 0. The van der Waals surface area contributed by atoms with Crippen LogP contribution in [0.1, 0.15) is 30.3 Å². The van der Waals surface area contributed by atoms with Gasteiger partial charge in [0.15, 0.2) is 0 Å². The molecule has 2 rings (SSSR count). The Hall–Kier alpha value is -1.16. The molecule has 74 valence electrons. The molecule has 0 aromatic carbocycles. The van der Waals surface area contributed by atoms with Crippen LogP contribution in [0.2, 0.25) is 5.15 Å². The van der Waals surface area contributed by atoms with Gasteiger partial charge in [0, 0.05) is 5.54 Å². The van der Waals surface area contributed by atoms with Crippen LogP contribution in [0, 0.1) is 0 Å². The van der Waals surface area contributed by atoms with Crippen molar-refractivity contribution >= 4 is 17.5 Å². The molecule has 0 aliphatic heterocycles. The SMILES string of the molecule is CC1(NC(=O)c2cnc(Cl)cn2)CC1. The highest BCUT2D eigenvalue weighted by Crippen LogP contribution is 2.34. The van der Waals surface area contributed by atoms with E-state index in [2.05, 4.69) is 15.3 Å². The van der Waals surface area contributed by atoms with Crippen LogP contribution in [0.25, 0.3) is 0 Å². The molecule has 4 nitrogen and oxygen atoms in total. The summed E-state index contributed by atoms with van der Waals surface area (Å²) in [5.74, 6) is -0.186. The Labute approximate surface area is 86.7 Å². The van der Waals surface area contributed by atoms with Crippen LogP contribution in [-0.4, -0.2) is 21.4 Å². The minimum absolute atomic E-state index is 0.0294. The molecule has 1 N–H and O–H groups in total. The molecule has 1 aromatic rings.